The normalized spacial score (nSPS) is 12.1. The average molecular weight is 319 g/mol. The highest BCUT2D eigenvalue weighted by Crippen LogP contribution is 2.44. The molecule has 1 aromatic heterocycles. The minimum Gasteiger partial charge on any atom is -0.481 e. The Morgan fingerprint density at radius 2 is 1.86 bits per heavy atom. The lowest BCUT2D eigenvalue weighted by Crippen LogP contribution is -2.23. The second-order valence-corrected chi connectivity index (χ2v) is 3.61. The van der Waals surface area contributed by atoms with Crippen molar-refractivity contribution in [1.29, 1.82) is 0 Å². The van der Waals surface area contributed by atoms with Crippen LogP contribution in [0.15, 0.2) is 6.20 Å². The number of methoxy groups -OCH3 is 1. The first-order valence-electron chi connectivity index (χ1n) is 5.06. The molecular formula is C10H7F6NO4. The van der Waals surface area contributed by atoms with Crippen molar-refractivity contribution in [2.75, 3.05) is 7.11 Å². The number of rotatable bonds is 4. The molecule has 0 saturated heterocycles. The highest BCUT2D eigenvalue weighted by atomic mass is 19.4. The summed E-state index contributed by atoms with van der Waals surface area (Å²) < 4.78 is 83.0. The topological polar surface area (TPSA) is 68.7 Å². The van der Waals surface area contributed by atoms with Gasteiger partial charge in [0.2, 0.25) is 5.88 Å². The molecule has 1 N–H and O–H groups in total. The molecule has 5 nitrogen and oxygen atoms in total. The number of carboxylic acids is 1. The van der Waals surface area contributed by atoms with Gasteiger partial charge in [0.1, 0.15) is 0 Å². The van der Waals surface area contributed by atoms with Crippen molar-refractivity contribution in [3.63, 3.8) is 0 Å². The molecule has 1 aromatic rings. The highest BCUT2D eigenvalue weighted by molar-refractivity contribution is 5.72. The quantitative estimate of drug-likeness (QED) is 0.864. The minimum absolute atomic E-state index is 0.517. The molecule has 0 aliphatic carbocycles. The predicted octanol–water partition coefficient (Wildman–Crippen LogP) is 2.63. The van der Waals surface area contributed by atoms with Crippen molar-refractivity contribution in [2.45, 2.75) is 19.0 Å². The Kier molecular flexibility index (Phi) is 4.54. The van der Waals surface area contributed by atoms with Gasteiger partial charge in [-0.1, -0.05) is 0 Å². The van der Waals surface area contributed by atoms with E-state index < -0.39 is 47.7 Å². The van der Waals surface area contributed by atoms with Crippen LogP contribution in [0.1, 0.15) is 11.1 Å². The van der Waals surface area contributed by atoms with Gasteiger partial charge in [0.05, 0.1) is 13.5 Å². The first-order valence-corrected chi connectivity index (χ1v) is 5.06. The predicted molar refractivity (Wildman–Crippen MR) is 53.8 cm³/mol. The molecule has 0 unspecified atom stereocenters. The summed E-state index contributed by atoms with van der Waals surface area (Å²) in [4.78, 5) is 13.7. The summed E-state index contributed by atoms with van der Waals surface area (Å²) in [6, 6.07) is 0. The van der Waals surface area contributed by atoms with Crippen LogP contribution >= 0.6 is 0 Å². The van der Waals surface area contributed by atoms with Crippen LogP contribution in [0.3, 0.4) is 0 Å². The van der Waals surface area contributed by atoms with Crippen LogP contribution in [0.2, 0.25) is 0 Å². The zero-order chi connectivity index (χ0) is 16.4. The van der Waals surface area contributed by atoms with Gasteiger partial charge in [0.25, 0.3) is 0 Å². The average Bonchev–Trinajstić information content (AvgIpc) is 2.26. The third-order valence-corrected chi connectivity index (χ3v) is 2.11. The molecule has 0 aliphatic rings. The lowest BCUT2D eigenvalue weighted by molar-refractivity contribution is -0.276. The zero-order valence-electron chi connectivity index (χ0n) is 10.2. The molecule has 21 heavy (non-hydrogen) atoms. The standard InChI is InChI=1S/C10H7F6NO4/c1-20-8-6(9(11,12)13)7(21-10(14,15)16)4(3-17-8)2-5(18)19/h3H,2H2,1H3,(H,18,19). The summed E-state index contributed by atoms with van der Waals surface area (Å²) in [5.74, 6) is -4.50. The molecule has 0 bridgehead atoms. The molecule has 1 heterocycles. The lowest BCUT2D eigenvalue weighted by Gasteiger charge is -2.19. The number of aliphatic carboxylic acids is 1. The largest absolute Gasteiger partial charge is 0.573 e. The fourth-order valence-electron chi connectivity index (χ4n) is 1.44. The molecular weight excluding hydrogens is 312 g/mol. The number of hydrogen-bond donors (Lipinski definition) is 1. The summed E-state index contributed by atoms with van der Waals surface area (Å²) in [7, 11) is 0.770. The third kappa shape index (κ3) is 4.39. The molecule has 0 spiro atoms. The van der Waals surface area contributed by atoms with Crippen LogP contribution in [0.4, 0.5) is 26.3 Å². The highest BCUT2D eigenvalue weighted by Gasteiger charge is 2.44. The molecule has 0 aromatic carbocycles. The van der Waals surface area contributed by atoms with E-state index in [1.165, 1.54) is 0 Å². The maximum atomic E-state index is 12.9. The lowest BCUT2D eigenvalue weighted by atomic mass is 10.1. The third-order valence-electron chi connectivity index (χ3n) is 2.11. The molecule has 118 valence electrons. The number of ether oxygens (including phenoxy) is 2. The Morgan fingerprint density at radius 3 is 2.24 bits per heavy atom. The van der Waals surface area contributed by atoms with Gasteiger partial charge in [0.15, 0.2) is 11.3 Å². The molecule has 0 saturated carbocycles. The van der Waals surface area contributed by atoms with Gasteiger partial charge in [-0.05, 0) is 0 Å². The molecule has 0 amide bonds. The van der Waals surface area contributed by atoms with Gasteiger partial charge in [-0.25, -0.2) is 4.98 Å². The van der Waals surface area contributed by atoms with Gasteiger partial charge in [-0.2, -0.15) is 13.2 Å². The monoisotopic (exact) mass is 319 g/mol. The van der Waals surface area contributed by atoms with Gasteiger partial charge >= 0.3 is 18.5 Å². The number of pyridine rings is 1. The first kappa shape index (κ1) is 16.9. The van der Waals surface area contributed by atoms with E-state index in [1.54, 1.807) is 0 Å². The van der Waals surface area contributed by atoms with E-state index in [-0.39, 0.29) is 0 Å². The van der Waals surface area contributed by atoms with Crippen LogP contribution < -0.4 is 9.47 Å². The van der Waals surface area contributed by atoms with Crippen LogP contribution in [0.25, 0.3) is 0 Å². The molecule has 0 radical (unpaired) electrons. The van der Waals surface area contributed by atoms with Crippen molar-refractivity contribution in [2.24, 2.45) is 0 Å². The second kappa shape index (κ2) is 5.66. The fourth-order valence-corrected chi connectivity index (χ4v) is 1.44. The molecule has 0 aliphatic heterocycles. The maximum absolute atomic E-state index is 12.9. The van der Waals surface area contributed by atoms with E-state index in [0.29, 0.717) is 6.20 Å². The molecule has 0 atom stereocenters. The summed E-state index contributed by atoms with van der Waals surface area (Å²) in [5.41, 5.74) is -2.81. The Morgan fingerprint density at radius 1 is 1.29 bits per heavy atom. The molecule has 0 fully saturated rings. The van der Waals surface area contributed by atoms with Crippen molar-refractivity contribution in [1.82, 2.24) is 4.98 Å². The number of nitrogens with zero attached hydrogens (tertiary/aromatic N) is 1. The second-order valence-electron chi connectivity index (χ2n) is 3.61. The Labute approximate surface area is 113 Å². The number of halogens is 6. The fraction of sp³-hybridized carbons (Fsp3) is 0.400. The van der Waals surface area contributed by atoms with Gasteiger partial charge in [0, 0.05) is 11.8 Å². The molecule has 11 heteroatoms. The summed E-state index contributed by atoms with van der Waals surface area (Å²) in [6.07, 6.45) is -11.3. The molecule has 1 rings (SSSR count). The van der Waals surface area contributed by atoms with E-state index >= 15 is 0 Å². The first-order chi connectivity index (χ1) is 9.45. The number of alkyl halides is 6. The maximum Gasteiger partial charge on any atom is 0.573 e. The smallest absolute Gasteiger partial charge is 0.481 e. The Hall–Kier alpha value is -2.20. The number of aromatic nitrogens is 1. The van der Waals surface area contributed by atoms with Crippen molar-refractivity contribution < 1.29 is 45.7 Å². The Bertz CT molecular complexity index is 540. The van der Waals surface area contributed by atoms with Crippen LogP contribution in [-0.4, -0.2) is 29.5 Å². The number of carbonyl (C=O) groups is 1. The van der Waals surface area contributed by atoms with E-state index in [1.807, 2.05) is 0 Å². The van der Waals surface area contributed by atoms with Gasteiger partial charge in [-0.3, -0.25) is 4.79 Å². The van der Waals surface area contributed by atoms with Crippen molar-refractivity contribution >= 4 is 5.97 Å². The van der Waals surface area contributed by atoms with Crippen LogP contribution in [0.5, 0.6) is 11.6 Å². The summed E-state index contributed by atoms with van der Waals surface area (Å²) >= 11 is 0. The number of carboxylic acid groups (broad SMARTS) is 1. The van der Waals surface area contributed by atoms with Crippen LogP contribution in [-0.2, 0) is 17.4 Å². The SMILES string of the molecule is COc1ncc(CC(=O)O)c(OC(F)(F)F)c1C(F)(F)F. The summed E-state index contributed by atoms with van der Waals surface area (Å²) in [6.45, 7) is 0. The Balaban J connectivity index is 3.58. The minimum atomic E-state index is -5.44. The van der Waals surface area contributed by atoms with E-state index in [0.717, 1.165) is 7.11 Å². The number of hydrogen-bond acceptors (Lipinski definition) is 4. The van der Waals surface area contributed by atoms with Gasteiger partial charge < -0.3 is 14.6 Å². The van der Waals surface area contributed by atoms with E-state index in [9.17, 15) is 31.1 Å². The van der Waals surface area contributed by atoms with Gasteiger partial charge in [-0.15, -0.1) is 13.2 Å². The van der Waals surface area contributed by atoms with Crippen LogP contribution in [0, 0.1) is 0 Å². The van der Waals surface area contributed by atoms with E-state index in [2.05, 4.69) is 14.5 Å². The van der Waals surface area contributed by atoms with E-state index in [4.69, 9.17) is 5.11 Å². The van der Waals surface area contributed by atoms with Crippen molar-refractivity contribution in [3.8, 4) is 11.6 Å². The summed E-state index contributed by atoms with van der Waals surface area (Å²) in [5, 5.41) is 8.53. The zero-order valence-corrected chi connectivity index (χ0v) is 10.2. The van der Waals surface area contributed by atoms with Crippen molar-refractivity contribution in [3.05, 3.63) is 17.3 Å².